The Morgan fingerprint density at radius 3 is 2.40 bits per heavy atom. The summed E-state index contributed by atoms with van der Waals surface area (Å²) in [5, 5.41) is 5.66. The lowest BCUT2D eigenvalue weighted by atomic mass is 9.69. The Balaban J connectivity index is 1.39. The van der Waals surface area contributed by atoms with Gasteiger partial charge < -0.3 is 15.4 Å². The highest BCUT2D eigenvalue weighted by Gasteiger charge is 2.52. The fraction of sp³-hybridized carbons (Fsp3) is 0.818. The molecule has 0 unspecified atom stereocenters. The molecule has 30 heavy (non-hydrogen) atoms. The zero-order valence-electron chi connectivity index (χ0n) is 18.4. The van der Waals surface area contributed by atoms with Crippen molar-refractivity contribution in [3.63, 3.8) is 0 Å². The van der Waals surface area contributed by atoms with Crippen LogP contribution in [0.4, 0.5) is 4.79 Å². The number of carbonyl (C=O) groups excluding carboxylic acids is 4. The minimum absolute atomic E-state index is 0.105. The van der Waals surface area contributed by atoms with E-state index in [-0.39, 0.29) is 17.9 Å². The second-order valence-corrected chi connectivity index (χ2v) is 9.73. The van der Waals surface area contributed by atoms with E-state index in [1.165, 1.54) is 0 Å². The van der Waals surface area contributed by atoms with Gasteiger partial charge in [0.2, 0.25) is 0 Å². The summed E-state index contributed by atoms with van der Waals surface area (Å²) in [4.78, 5) is 49.8. The van der Waals surface area contributed by atoms with Crippen molar-refractivity contribution in [3.8, 4) is 0 Å². The number of esters is 1. The average Bonchev–Trinajstić information content (AvgIpc) is 3.27. The van der Waals surface area contributed by atoms with Crippen LogP contribution in [-0.4, -0.2) is 53.4 Å². The first-order valence-corrected chi connectivity index (χ1v) is 11.3. The van der Waals surface area contributed by atoms with Crippen molar-refractivity contribution in [3.05, 3.63) is 0 Å². The van der Waals surface area contributed by atoms with E-state index < -0.39 is 30.7 Å². The molecule has 2 N–H and O–H groups in total. The minimum Gasteiger partial charge on any atom is -0.454 e. The Hall–Kier alpha value is -2.12. The Morgan fingerprint density at radius 2 is 1.80 bits per heavy atom. The summed E-state index contributed by atoms with van der Waals surface area (Å²) in [6.07, 6.45) is 8.12. The Kier molecular flexibility index (Phi) is 6.72. The van der Waals surface area contributed by atoms with Crippen molar-refractivity contribution in [1.82, 2.24) is 15.5 Å². The van der Waals surface area contributed by atoms with E-state index in [4.69, 9.17) is 4.74 Å². The number of hydrogen-bond donors (Lipinski definition) is 2. The molecule has 0 aromatic carbocycles. The topological polar surface area (TPSA) is 105 Å². The maximum absolute atomic E-state index is 12.6. The lowest BCUT2D eigenvalue weighted by Gasteiger charge is -2.39. The number of rotatable bonds is 7. The molecule has 8 heteroatoms. The van der Waals surface area contributed by atoms with Crippen LogP contribution in [0.25, 0.3) is 0 Å². The van der Waals surface area contributed by atoms with Gasteiger partial charge in [-0.15, -0.1) is 0 Å². The normalized spacial score (nSPS) is 26.0. The highest BCUT2D eigenvalue weighted by Crippen LogP contribution is 2.40. The molecule has 0 radical (unpaired) electrons. The molecule has 1 aliphatic heterocycles. The number of hydrogen-bond acceptors (Lipinski definition) is 5. The summed E-state index contributed by atoms with van der Waals surface area (Å²) in [6.45, 7) is 5.96. The maximum atomic E-state index is 12.6. The lowest BCUT2D eigenvalue weighted by molar-refractivity contribution is -0.151. The number of carbonyl (C=O) groups is 4. The van der Waals surface area contributed by atoms with Gasteiger partial charge in [-0.05, 0) is 49.9 Å². The monoisotopic (exact) mass is 421 g/mol. The third kappa shape index (κ3) is 4.78. The molecule has 3 aliphatic rings. The van der Waals surface area contributed by atoms with Crippen molar-refractivity contribution in [1.29, 1.82) is 0 Å². The van der Waals surface area contributed by atoms with Gasteiger partial charge in [-0.3, -0.25) is 19.3 Å². The smallest absolute Gasteiger partial charge is 0.326 e. The molecule has 4 amide bonds. The van der Waals surface area contributed by atoms with Crippen LogP contribution in [0.3, 0.4) is 0 Å². The van der Waals surface area contributed by atoms with Crippen LogP contribution < -0.4 is 10.6 Å². The van der Waals surface area contributed by atoms with E-state index in [9.17, 15) is 19.2 Å². The SMILES string of the molecule is CCC(C)(C)C1CCC(NC(=O)COC(=O)CN2C(=O)NC3(CCCC3)C2=O)CC1. The Morgan fingerprint density at radius 1 is 1.17 bits per heavy atom. The van der Waals surface area contributed by atoms with Crippen molar-refractivity contribution < 1.29 is 23.9 Å². The summed E-state index contributed by atoms with van der Waals surface area (Å²) in [6, 6.07) is -0.455. The highest BCUT2D eigenvalue weighted by atomic mass is 16.5. The van der Waals surface area contributed by atoms with E-state index in [2.05, 4.69) is 31.4 Å². The molecule has 0 aromatic rings. The molecule has 0 bridgehead atoms. The average molecular weight is 422 g/mol. The van der Waals surface area contributed by atoms with Crippen LogP contribution in [0.1, 0.15) is 78.6 Å². The van der Waals surface area contributed by atoms with Crippen molar-refractivity contribution in [2.75, 3.05) is 13.2 Å². The first kappa shape index (κ1) is 22.6. The molecule has 168 valence electrons. The first-order chi connectivity index (χ1) is 14.2. The van der Waals surface area contributed by atoms with Crippen molar-refractivity contribution in [2.45, 2.75) is 90.1 Å². The van der Waals surface area contributed by atoms with E-state index in [1.54, 1.807) is 0 Å². The fourth-order valence-corrected chi connectivity index (χ4v) is 5.04. The van der Waals surface area contributed by atoms with Crippen LogP contribution in [0.5, 0.6) is 0 Å². The minimum atomic E-state index is -0.847. The molecule has 2 aliphatic carbocycles. The number of nitrogens with zero attached hydrogens (tertiary/aromatic N) is 1. The molecule has 0 atom stereocenters. The summed E-state index contributed by atoms with van der Waals surface area (Å²) in [7, 11) is 0. The largest absolute Gasteiger partial charge is 0.454 e. The second-order valence-electron chi connectivity index (χ2n) is 9.73. The van der Waals surface area contributed by atoms with Crippen LogP contribution in [0.2, 0.25) is 0 Å². The third-order valence-electron chi connectivity index (χ3n) is 7.46. The third-order valence-corrected chi connectivity index (χ3v) is 7.46. The molecule has 2 saturated carbocycles. The fourth-order valence-electron chi connectivity index (χ4n) is 5.04. The van der Waals surface area contributed by atoms with Gasteiger partial charge in [-0.25, -0.2) is 4.79 Å². The Labute approximate surface area is 178 Å². The number of imide groups is 1. The van der Waals surface area contributed by atoms with Crippen molar-refractivity contribution in [2.24, 2.45) is 11.3 Å². The number of urea groups is 1. The number of amides is 4. The summed E-state index contributed by atoms with van der Waals surface area (Å²) >= 11 is 0. The second kappa shape index (κ2) is 8.94. The summed E-state index contributed by atoms with van der Waals surface area (Å²) < 4.78 is 5.02. The maximum Gasteiger partial charge on any atom is 0.326 e. The van der Waals surface area contributed by atoms with Gasteiger partial charge >= 0.3 is 12.0 Å². The van der Waals surface area contributed by atoms with Gasteiger partial charge in [0.15, 0.2) is 6.61 Å². The zero-order valence-corrected chi connectivity index (χ0v) is 18.4. The number of ether oxygens (including phenoxy) is 1. The van der Waals surface area contributed by atoms with E-state index in [0.717, 1.165) is 49.8 Å². The summed E-state index contributed by atoms with van der Waals surface area (Å²) in [5.41, 5.74) is -0.527. The van der Waals surface area contributed by atoms with E-state index in [1.807, 2.05) is 0 Å². The Bertz CT molecular complexity index is 691. The van der Waals surface area contributed by atoms with Crippen molar-refractivity contribution >= 4 is 23.8 Å². The highest BCUT2D eigenvalue weighted by molar-refractivity contribution is 6.08. The van der Waals surface area contributed by atoms with Gasteiger partial charge in [0, 0.05) is 6.04 Å². The van der Waals surface area contributed by atoms with E-state index >= 15 is 0 Å². The first-order valence-electron chi connectivity index (χ1n) is 11.3. The van der Waals surface area contributed by atoms with Crippen LogP contribution in [-0.2, 0) is 19.1 Å². The molecule has 1 saturated heterocycles. The predicted octanol–water partition coefficient (Wildman–Crippen LogP) is 2.51. The van der Waals surface area contributed by atoms with Gasteiger partial charge in [0.05, 0.1) is 0 Å². The van der Waals surface area contributed by atoms with Gasteiger partial charge in [0.1, 0.15) is 12.1 Å². The van der Waals surface area contributed by atoms with Crippen LogP contribution in [0.15, 0.2) is 0 Å². The quantitative estimate of drug-likeness (QED) is 0.485. The van der Waals surface area contributed by atoms with Crippen LogP contribution in [0, 0.1) is 11.3 Å². The molecule has 1 heterocycles. The predicted molar refractivity (Wildman–Crippen MR) is 110 cm³/mol. The molecule has 3 rings (SSSR count). The standard InChI is InChI=1S/C22H35N3O5/c1-4-21(2,3)15-7-9-16(10-8-15)23-17(26)14-30-18(27)13-25-19(28)22(24-20(25)29)11-5-6-12-22/h15-16H,4-14H2,1-3H3,(H,23,26)(H,24,29). The molecule has 8 nitrogen and oxygen atoms in total. The zero-order chi connectivity index (χ0) is 21.9. The lowest BCUT2D eigenvalue weighted by Crippen LogP contribution is -2.45. The summed E-state index contributed by atoms with van der Waals surface area (Å²) in [5.74, 6) is -0.790. The molecule has 0 aromatic heterocycles. The van der Waals surface area contributed by atoms with Gasteiger partial charge in [0.25, 0.3) is 11.8 Å². The number of nitrogens with one attached hydrogen (secondary N) is 2. The molecule has 3 fully saturated rings. The molecular weight excluding hydrogens is 386 g/mol. The molecule has 1 spiro atoms. The molecular formula is C22H35N3O5. The van der Waals surface area contributed by atoms with E-state index in [0.29, 0.717) is 24.2 Å². The van der Waals surface area contributed by atoms with Crippen LogP contribution >= 0.6 is 0 Å². The van der Waals surface area contributed by atoms with Gasteiger partial charge in [-0.1, -0.05) is 40.0 Å². The van der Waals surface area contributed by atoms with Gasteiger partial charge in [-0.2, -0.15) is 0 Å².